The second-order valence-corrected chi connectivity index (χ2v) is 6.41. The lowest BCUT2D eigenvalue weighted by Gasteiger charge is -2.34. The molecule has 25 heavy (non-hydrogen) atoms. The van der Waals surface area contributed by atoms with Crippen LogP contribution in [0.1, 0.15) is 5.56 Å². The minimum Gasteiger partial charge on any atom is -0.361 e. The zero-order valence-corrected chi connectivity index (χ0v) is 14.4. The summed E-state index contributed by atoms with van der Waals surface area (Å²) in [5.74, 6) is 0.847. The van der Waals surface area contributed by atoms with Crippen LogP contribution in [-0.2, 0) is 6.54 Å². The maximum absolute atomic E-state index is 4.34. The van der Waals surface area contributed by atoms with Crippen molar-refractivity contribution in [1.82, 2.24) is 25.2 Å². The molecule has 3 heterocycles. The Morgan fingerprint density at radius 1 is 1.00 bits per heavy atom. The van der Waals surface area contributed by atoms with Crippen LogP contribution in [0.15, 0.2) is 48.9 Å². The van der Waals surface area contributed by atoms with Crippen molar-refractivity contribution >= 4 is 16.9 Å². The van der Waals surface area contributed by atoms with Gasteiger partial charge in [0.2, 0.25) is 5.95 Å². The number of piperazine rings is 1. The van der Waals surface area contributed by atoms with Gasteiger partial charge < -0.3 is 15.2 Å². The number of aromatic nitrogens is 3. The molecule has 0 unspecified atom stereocenters. The molecule has 0 bridgehead atoms. The molecule has 3 aromatic rings. The molecular formula is C19H24N6. The van der Waals surface area contributed by atoms with Gasteiger partial charge in [0.25, 0.3) is 0 Å². The molecule has 0 spiro atoms. The van der Waals surface area contributed by atoms with E-state index in [9.17, 15) is 0 Å². The van der Waals surface area contributed by atoms with Gasteiger partial charge in [0, 0.05) is 75.3 Å². The van der Waals surface area contributed by atoms with E-state index in [4.69, 9.17) is 0 Å². The van der Waals surface area contributed by atoms with Gasteiger partial charge >= 0.3 is 0 Å². The minimum absolute atomic E-state index is 0.847. The molecule has 0 radical (unpaired) electrons. The van der Waals surface area contributed by atoms with Crippen LogP contribution in [-0.4, -0.2) is 59.1 Å². The number of nitrogens with one attached hydrogen (secondary N) is 2. The predicted molar refractivity (Wildman–Crippen MR) is 101 cm³/mol. The third-order valence-corrected chi connectivity index (χ3v) is 4.81. The summed E-state index contributed by atoms with van der Waals surface area (Å²) in [6, 6.07) is 10.4. The third-order valence-electron chi connectivity index (χ3n) is 4.81. The summed E-state index contributed by atoms with van der Waals surface area (Å²) in [6.07, 6.45) is 5.62. The van der Waals surface area contributed by atoms with Crippen LogP contribution >= 0.6 is 0 Å². The fraction of sp³-hybridized carbons (Fsp3) is 0.368. The normalized spacial score (nSPS) is 15.8. The molecule has 2 N–H and O–H groups in total. The van der Waals surface area contributed by atoms with E-state index in [0.29, 0.717) is 0 Å². The van der Waals surface area contributed by atoms with E-state index in [0.717, 1.165) is 51.8 Å². The van der Waals surface area contributed by atoms with Crippen molar-refractivity contribution in [2.45, 2.75) is 6.54 Å². The van der Waals surface area contributed by atoms with Crippen molar-refractivity contribution in [3.8, 4) is 0 Å². The maximum Gasteiger partial charge on any atom is 0.225 e. The van der Waals surface area contributed by atoms with E-state index < -0.39 is 0 Å². The average molecular weight is 336 g/mol. The highest BCUT2D eigenvalue weighted by Crippen LogP contribution is 2.17. The zero-order chi connectivity index (χ0) is 16.9. The molecule has 130 valence electrons. The Bertz CT molecular complexity index is 792. The first-order valence-corrected chi connectivity index (χ1v) is 8.90. The molecule has 0 atom stereocenters. The lowest BCUT2D eigenvalue weighted by Crippen LogP contribution is -2.48. The van der Waals surface area contributed by atoms with Crippen LogP contribution in [0, 0.1) is 0 Å². The van der Waals surface area contributed by atoms with Gasteiger partial charge in [-0.1, -0.05) is 12.1 Å². The molecule has 1 saturated heterocycles. The van der Waals surface area contributed by atoms with Crippen molar-refractivity contribution in [1.29, 1.82) is 0 Å². The van der Waals surface area contributed by atoms with E-state index in [1.54, 1.807) is 0 Å². The Kier molecular flexibility index (Phi) is 4.90. The largest absolute Gasteiger partial charge is 0.361 e. The second-order valence-electron chi connectivity index (χ2n) is 6.41. The number of hydrogen-bond donors (Lipinski definition) is 2. The fourth-order valence-electron chi connectivity index (χ4n) is 3.39. The molecule has 0 saturated carbocycles. The Morgan fingerprint density at radius 3 is 2.68 bits per heavy atom. The van der Waals surface area contributed by atoms with Gasteiger partial charge in [0.1, 0.15) is 0 Å². The van der Waals surface area contributed by atoms with Gasteiger partial charge in [0.15, 0.2) is 0 Å². The average Bonchev–Trinajstić information content (AvgIpc) is 3.16. The number of rotatable bonds is 6. The van der Waals surface area contributed by atoms with E-state index in [1.165, 1.54) is 16.5 Å². The molecule has 1 aromatic carbocycles. The van der Waals surface area contributed by atoms with Gasteiger partial charge in [-0.3, -0.25) is 4.90 Å². The van der Waals surface area contributed by atoms with Gasteiger partial charge in [0.05, 0.1) is 0 Å². The van der Waals surface area contributed by atoms with Crippen molar-refractivity contribution < 1.29 is 0 Å². The summed E-state index contributed by atoms with van der Waals surface area (Å²) < 4.78 is 0. The van der Waals surface area contributed by atoms with E-state index >= 15 is 0 Å². The standard InChI is InChI=1S/C19H24N6/c1-3-16(17-5-8-21-18(17)4-1)15-20-9-10-24-11-13-25(14-12-24)19-22-6-2-7-23-19/h1-8,20-21H,9-15H2. The van der Waals surface area contributed by atoms with Crippen LogP contribution in [0.4, 0.5) is 5.95 Å². The number of benzene rings is 1. The first-order valence-electron chi connectivity index (χ1n) is 8.90. The Labute approximate surface area is 147 Å². The van der Waals surface area contributed by atoms with Crippen molar-refractivity contribution in [2.75, 3.05) is 44.2 Å². The highest BCUT2D eigenvalue weighted by atomic mass is 15.3. The van der Waals surface area contributed by atoms with Crippen molar-refractivity contribution in [2.24, 2.45) is 0 Å². The number of nitrogens with zero attached hydrogens (tertiary/aromatic N) is 4. The predicted octanol–water partition coefficient (Wildman–Crippen LogP) is 1.87. The number of anilines is 1. The molecule has 6 heteroatoms. The Hall–Kier alpha value is -2.44. The van der Waals surface area contributed by atoms with Crippen LogP contribution in [0.3, 0.4) is 0 Å². The van der Waals surface area contributed by atoms with E-state index in [1.807, 2.05) is 24.7 Å². The highest BCUT2D eigenvalue weighted by molar-refractivity contribution is 5.82. The van der Waals surface area contributed by atoms with Crippen molar-refractivity contribution in [3.05, 3.63) is 54.5 Å². The van der Waals surface area contributed by atoms with Crippen LogP contribution < -0.4 is 10.2 Å². The van der Waals surface area contributed by atoms with Gasteiger partial charge in [-0.25, -0.2) is 9.97 Å². The number of aromatic amines is 1. The Balaban J connectivity index is 1.21. The van der Waals surface area contributed by atoms with Gasteiger partial charge in [-0.2, -0.15) is 0 Å². The summed E-state index contributed by atoms with van der Waals surface area (Å²) in [4.78, 5) is 16.7. The molecule has 6 nitrogen and oxygen atoms in total. The highest BCUT2D eigenvalue weighted by Gasteiger charge is 2.18. The summed E-state index contributed by atoms with van der Waals surface area (Å²) in [5, 5.41) is 4.89. The topological polar surface area (TPSA) is 60.1 Å². The summed E-state index contributed by atoms with van der Waals surface area (Å²) in [5.41, 5.74) is 2.56. The van der Waals surface area contributed by atoms with Gasteiger partial charge in [-0.15, -0.1) is 0 Å². The quantitative estimate of drug-likeness (QED) is 0.673. The first-order chi connectivity index (χ1) is 12.4. The SMILES string of the molecule is c1cnc(N2CCN(CCNCc3cccc4[nH]ccc34)CC2)nc1. The summed E-state index contributed by atoms with van der Waals surface area (Å²) in [6.45, 7) is 7.10. The Morgan fingerprint density at radius 2 is 1.84 bits per heavy atom. The second kappa shape index (κ2) is 7.63. The van der Waals surface area contributed by atoms with E-state index in [2.05, 4.69) is 54.3 Å². The summed E-state index contributed by atoms with van der Waals surface area (Å²) >= 11 is 0. The van der Waals surface area contributed by atoms with E-state index in [-0.39, 0.29) is 0 Å². The molecule has 1 aliphatic rings. The van der Waals surface area contributed by atoms with Gasteiger partial charge in [-0.05, 0) is 23.8 Å². The smallest absolute Gasteiger partial charge is 0.225 e. The number of fused-ring (bicyclic) bond motifs is 1. The lowest BCUT2D eigenvalue weighted by molar-refractivity contribution is 0.256. The molecule has 1 fully saturated rings. The third kappa shape index (κ3) is 3.81. The fourth-order valence-corrected chi connectivity index (χ4v) is 3.39. The molecule has 2 aromatic heterocycles. The molecular weight excluding hydrogens is 312 g/mol. The molecule has 0 amide bonds. The summed E-state index contributed by atoms with van der Waals surface area (Å²) in [7, 11) is 0. The zero-order valence-electron chi connectivity index (χ0n) is 14.4. The van der Waals surface area contributed by atoms with Crippen LogP contribution in [0.5, 0.6) is 0 Å². The van der Waals surface area contributed by atoms with Crippen molar-refractivity contribution in [3.63, 3.8) is 0 Å². The molecule has 0 aliphatic carbocycles. The number of H-pyrrole nitrogens is 1. The lowest BCUT2D eigenvalue weighted by atomic mass is 10.1. The number of hydrogen-bond acceptors (Lipinski definition) is 5. The minimum atomic E-state index is 0.847. The molecule has 1 aliphatic heterocycles. The molecule has 4 rings (SSSR count). The monoisotopic (exact) mass is 336 g/mol. The van der Waals surface area contributed by atoms with Crippen LogP contribution in [0.25, 0.3) is 10.9 Å². The first kappa shape index (κ1) is 16.1. The van der Waals surface area contributed by atoms with Crippen LogP contribution in [0.2, 0.25) is 0 Å². The maximum atomic E-state index is 4.34.